The zero-order chi connectivity index (χ0) is 22.8. The Labute approximate surface area is 197 Å². The molecule has 5 nitrogen and oxygen atoms in total. The highest BCUT2D eigenvalue weighted by Crippen LogP contribution is 2.38. The number of carbonyl (C=O) groups excluding carboxylic acids is 1. The van der Waals surface area contributed by atoms with Crippen LogP contribution >= 0.6 is 11.6 Å². The van der Waals surface area contributed by atoms with E-state index in [1.807, 2.05) is 42.5 Å². The number of halogens is 1. The fourth-order valence-corrected chi connectivity index (χ4v) is 4.59. The topological polar surface area (TPSA) is 63.2 Å². The van der Waals surface area contributed by atoms with Crippen LogP contribution in [-0.2, 0) is 12.8 Å². The van der Waals surface area contributed by atoms with Crippen LogP contribution in [0.1, 0.15) is 34.5 Å². The molecule has 0 saturated heterocycles. The second kappa shape index (κ2) is 9.12. The van der Waals surface area contributed by atoms with Crippen molar-refractivity contribution in [3.8, 4) is 5.75 Å². The Morgan fingerprint density at radius 2 is 1.79 bits per heavy atom. The molecule has 0 fully saturated rings. The van der Waals surface area contributed by atoms with Crippen molar-refractivity contribution >= 4 is 45.5 Å². The number of anilines is 3. The van der Waals surface area contributed by atoms with E-state index in [-0.39, 0.29) is 5.91 Å². The average molecular weight is 458 g/mol. The minimum Gasteiger partial charge on any atom is -0.495 e. The molecule has 0 atom stereocenters. The molecule has 5 rings (SSSR count). The summed E-state index contributed by atoms with van der Waals surface area (Å²) in [6, 6.07) is 20.7. The van der Waals surface area contributed by atoms with Crippen molar-refractivity contribution in [3.63, 3.8) is 0 Å². The molecule has 4 aromatic rings. The minimum absolute atomic E-state index is 0.245. The summed E-state index contributed by atoms with van der Waals surface area (Å²) in [4.78, 5) is 17.8. The number of aryl methyl sites for hydroxylation is 1. The van der Waals surface area contributed by atoms with Gasteiger partial charge in [0.15, 0.2) is 0 Å². The fourth-order valence-electron chi connectivity index (χ4n) is 4.37. The first kappa shape index (κ1) is 21.3. The smallest absolute Gasteiger partial charge is 0.257 e. The molecule has 0 aliphatic heterocycles. The first-order valence-corrected chi connectivity index (χ1v) is 11.4. The van der Waals surface area contributed by atoms with Gasteiger partial charge in [-0.25, -0.2) is 0 Å². The molecule has 0 saturated carbocycles. The lowest BCUT2D eigenvalue weighted by Gasteiger charge is -2.23. The summed E-state index contributed by atoms with van der Waals surface area (Å²) in [5.74, 6) is 0.528. The number of rotatable bonds is 5. The molecule has 2 N–H and O–H groups in total. The SMILES string of the molecule is COc1ccccc1Nc1c2c(nc3ccc(NC(=O)c4ccccc4Cl)cc13)CCCC2. The molecular formula is C27H24ClN3O2. The molecule has 1 amide bonds. The summed E-state index contributed by atoms with van der Waals surface area (Å²) < 4.78 is 5.56. The molecule has 1 aromatic heterocycles. The molecule has 166 valence electrons. The van der Waals surface area contributed by atoms with Crippen LogP contribution in [0.15, 0.2) is 66.7 Å². The third-order valence-electron chi connectivity index (χ3n) is 6.00. The van der Waals surface area contributed by atoms with E-state index >= 15 is 0 Å². The maximum atomic E-state index is 12.8. The monoisotopic (exact) mass is 457 g/mol. The summed E-state index contributed by atoms with van der Waals surface area (Å²) in [5, 5.41) is 7.98. The lowest BCUT2D eigenvalue weighted by Crippen LogP contribution is -2.13. The molecule has 0 spiro atoms. The van der Waals surface area contributed by atoms with Gasteiger partial charge in [-0.3, -0.25) is 9.78 Å². The summed E-state index contributed by atoms with van der Waals surface area (Å²) >= 11 is 6.21. The molecule has 1 aliphatic rings. The number of methoxy groups -OCH3 is 1. The van der Waals surface area contributed by atoms with Gasteiger partial charge in [0.2, 0.25) is 0 Å². The zero-order valence-corrected chi connectivity index (χ0v) is 19.1. The number of pyridine rings is 1. The number of carbonyl (C=O) groups is 1. The van der Waals surface area contributed by atoms with Gasteiger partial charge in [0.05, 0.1) is 34.6 Å². The van der Waals surface area contributed by atoms with Crippen LogP contribution in [0.4, 0.5) is 17.1 Å². The van der Waals surface area contributed by atoms with Crippen LogP contribution in [0.2, 0.25) is 5.02 Å². The van der Waals surface area contributed by atoms with Gasteiger partial charge in [0, 0.05) is 16.8 Å². The summed E-state index contributed by atoms with van der Waals surface area (Å²) in [6.07, 6.45) is 4.21. The number of amides is 1. The van der Waals surface area contributed by atoms with Gasteiger partial charge in [0.1, 0.15) is 5.75 Å². The number of aromatic nitrogens is 1. The predicted octanol–water partition coefficient (Wildman–Crippen LogP) is 6.77. The van der Waals surface area contributed by atoms with E-state index in [0.29, 0.717) is 16.3 Å². The highest BCUT2D eigenvalue weighted by Gasteiger charge is 2.20. The number of nitrogens with one attached hydrogen (secondary N) is 2. The molecule has 3 aromatic carbocycles. The summed E-state index contributed by atoms with van der Waals surface area (Å²) in [7, 11) is 1.67. The van der Waals surface area contributed by atoms with E-state index in [1.165, 1.54) is 5.56 Å². The second-order valence-electron chi connectivity index (χ2n) is 8.11. The Kier molecular flexibility index (Phi) is 5.88. The minimum atomic E-state index is -0.245. The quantitative estimate of drug-likeness (QED) is 0.347. The molecule has 1 heterocycles. The van der Waals surface area contributed by atoms with Gasteiger partial charge in [-0.05, 0) is 73.7 Å². The Morgan fingerprint density at radius 3 is 2.64 bits per heavy atom. The van der Waals surface area contributed by atoms with Crippen LogP contribution in [0, 0.1) is 0 Å². The van der Waals surface area contributed by atoms with Crippen molar-refractivity contribution in [2.45, 2.75) is 25.7 Å². The van der Waals surface area contributed by atoms with E-state index in [4.69, 9.17) is 21.3 Å². The Balaban J connectivity index is 1.59. The maximum absolute atomic E-state index is 12.8. The van der Waals surface area contributed by atoms with Gasteiger partial charge in [-0.2, -0.15) is 0 Å². The predicted molar refractivity (Wildman–Crippen MR) is 134 cm³/mol. The molecule has 33 heavy (non-hydrogen) atoms. The number of nitrogens with zero attached hydrogens (tertiary/aromatic N) is 1. The normalized spacial score (nSPS) is 12.8. The number of hydrogen-bond acceptors (Lipinski definition) is 4. The molecule has 0 bridgehead atoms. The summed E-state index contributed by atoms with van der Waals surface area (Å²) in [5.41, 5.74) is 6.30. The van der Waals surface area contributed by atoms with Crippen molar-refractivity contribution < 1.29 is 9.53 Å². The van der Waals surface area contributed by atoms with E-state index in [2.05, 4.69) is 10.6 Å². The largest absolute Gasteiger partial charge is 0.495 e. The van der Waals surface area contributed by atoms with E-state index in [0.717, 1.165) is 59.4 Å². The number of fused-ring (bicyclic) bond motifs is 2. The van der Waals surface area contributed by atoms with Gasteiger partial charge >= 0.3 is 0 Å². The van der Waals surface area contributed by atoms with Crippen molar-refractivity contribution in [3.05, 3.63) is 88.6 Å². The molecule has 6 heteroatoms. The third kappa shape index (κ3) is 4.24. The number of hydrogen-bond donors (Lipinski definition) is 2. The van der Waals surface area contributed by atoms with E-state index in [1.54, 1.807) is 31.4 Å². The highest BCUT2D eigenvalue weighted by molar-refractivity contribution is 6.34. The first-order valence-electron chi connectivity index (χ1n) is 11.1. The van der Waals surface area contributed by atoms with E-state index in [9.17, 15) is 4.79 Å². The van der Waals surface area contributed by atoms with Gasteiger partial charge in [0.25, 0.3) is 5.91 Å². The number of para-hydroxylation sites is 2. The van der Waals surface area contributed by atoms with Crippen molar-refractivity contribution in [2.24, 2.45) is 0 Å². The molecule has 0 radical (unpaired) electrons. The van der Waals surface area contributed by atoms with Crippen LogP contribution in [0.3, 0.4) is 0 Å². The Hall–Kier alpha value is -3.57. The summed E-state index contributed by atoms with van der Waals surface area (Å²) in [6.45, 7) is 0. The van der Waals surface area contributed by atoms with Crippen molar-refractivity contribution in [1.82, 2.24) is 4.98 Å². The van der Waals surface area contributed by atoms with E-state index < -0.39 is 0 Å². The highest BCUT2D eigenvalue weighted by atomic mass is 35.5. The zero-order valence-electron chi connectivity index (χ0n) is 18.3. The maximum Gasteiger partial charge on any atom is 0.257 e. The number of ether oxygens (including phenoxy) is 1. The van der Waals surface area contributed by atoms with Crippen molar-refractivity contribution in [2.75, 3.05) is 17.7 Å². The fraction of sp³-hybridized carbons (Fsp3) is 0.185. The van der Waals surface area contributed by atoms with Gasteiger partial charge in [-0.15, -0.1) is 0 Å². The molecular weight excluding hydrogens is 434 g/mol. The first-order chi connectivity index (χ1) is 16.1. The lowest BCUT2D eigenvalue weighted by atomic mass is 9.92. The standard InChI is InChI=1S/C27H24ClN3O2/c1-33-25-13-7-6-12-24(25)31-26-19-9-3-5-11-22(19)30-23-15-14-17(16-20(23)26)29-27(32)18-8-2-4-10-21(18)28/h2,4,6-8,10,12-16H,3,5,9,11H2,1H3,(H,29,32)(H,30,31). The van der Waals surface area contributed by atoms with Crippen LogP contribution < -0.4 is 15.4 Å². The van der Waals surface area contributed by atoms with Crippen molar-refractivity contribution in [1.29, 1.82) is 0 Å². The van der Waals surface area contributed by atoms with Crippen LogP contribution in [0.5, 0.6) is 5.75 Å². The van der Waals surface area contributed by atoms with Crippen LogP contribution in [-0.4, -0.2) is 18.0 Å². The van der Waals surface area contributed by atoms with Gasteiger partial charge < -0.3 is 15.4 Å². The second-order valence-corrected chi connectivity index (χ2v) is 8.52. The van der Waals surface area contributed by atoms with Gasteiger partial charge in [-0.1, -0.05) is 35.9 Å². The third-order valence-corrected chi connectivity index (χ3v) is 6.33. The number of benzene rings is 3. The Morgan fingerprint density at radius 1 is 1.00 bits per heavy atom. The Bertz CT molecular complexity index is 1350. The lowest BCUT2D eigenvalue weighted by molar-refractivity contribution is 0.102. The average Bonchev–Trinajstić information content (AvgIpc) is 2.84. The van der Waals surface area contributed by atoms with Crippen LogP contribution in [0.25, 0.3) is 10.9 Å². The molecule has 0 unspecified atom stereocenters. The molecule has 1 aliphatic carbocycles.